The first-order valence-corrected chi connectivity index (χ1v) is 5.89. The van der Waals surface area contributed by atoms with Crippen LogP contribution in [0.3, 0.4) is 0 Å². The molecule has 1 atom stereocenters. The summed E-state index contributed by atoms with van der Waals surface area (Å²) in [5, 5.41) is 7.79. The Hall–Kier alpha value is -1.84. The van der Waals surface area contributed by atoms with E-state index in [9.17, 15) is 0 Å². The second-order valence-electron chi connectivity index (χ2n) is 4.40. The van der Waals surface area contributed by atoms with Crippen molar-refractivity contribution in [1.29, 1.82) is 0 Å². The molecule has 2 aromatic rings. The van der Waals surface area contributed by atoms with Crippen molar-refractivity contribution in [2.45, 2.75) is 32.9 Å². The maximum absolute atomic E-state index is 4.45. The monoisotopic (exact) mass is 230 g/mol. The van der Waals surface area contributed by atoms with Gasteiger partial charge in [0.25, 0.3) is 0 Å². The van der Waals surface area contributed by atoms with Gasteiger partial charge in [0.05, 0.1) is 11.7 Å². The molecule has 0 saturated carbocycles. The zero-order valence-corrected chi connectivity index (χ0v) is 10.5. The van der Waals surface area contributed by atoms with Crippen LogP contribution in [0.1, 0.15) is 38.5 Å². The van der Waals surface area contributed by atoms with Crippen LogP contribution in [0.4, 0.5) is 5.82 Å². The van der Waals surface area contributed by atoms with Crippen molar-refractivity contribution in [2.24, 2.45) is 0 Å². The zero-order chi connectivity index (χ0) is 12.3. The summed E-state index contributed by atoms with van der Waals surface area (Å²) < 4.78 is 1.94. The lowest BCUT2D eigenvalue weighted by Crippen LogP contribution is -2.09. The maximum atomic E-state index is 4.45. The smallest absolute Gasteiger partial charge is 0.148 e. The topological polar surface area (TPSA) is 42.7 Å². The van der Waals surface area contributed by atoms with Crippen molar-refractivity contribution in [3.63, 3.8) is 0 Å². The highest BCUT2D eigenvalue weighted by Gasteiger charge is 2.08. The van der Waals surface area contributed by atoms with E-state index in [0.29, 0.717) is 6.04 Å². The number of hydrogen-bond acceptors (Lipinski definition) is 3. The van der Waals surface area contributed by atoms with E-state index in [1.54, 1.807) is 6.20 Å². The second-order valence-corrected chi connectivity index (χ2v) is 4.40. The van der Waals surface area contributed by atoms with Gasteiger partial charge in [0.1, 0.15) is 5.82 Å². The van der Waals surface area contributed by atoms with Crippen LogP contribution in [0.15, 0.2) is 36.7 Å². The van der Waals surface area contributed by atoms with E-state index in [4.69, 9.17) is 0 Å². The average molecular weight is 230 g/mol. The van der Waals surface area contributed by atoms with E-state index in [1.807, 2.05) is 35.1 Å². The van der Waals surface area contributed by atoms with Crippen LogP contribution in [0.25, 0.3) is 0 Å². The predicted molar refractivity (Wildman–Crippen MR) is 68.9 cm³/mol. The summed E-state index contributed by atoms with van der Waals surface area (Å²) in [7, 11) is 0. The Balaban J connectivity index is 2.05. The summed E-state index contributed by atoms with van der Waals surface area (Å²) in [4.78, 5) is 4.32. The standard InChI is InChI=1S/C13H18N4/c1-10(2)17-9-7-13(16-17)15-11(3)12-6-4-5-8-14-12/h4-11H,1-3H3,(H,15,16). The quantitative estimate of drug-likeness (QED) is 0.877. The third-order valence-electron chi connectivity index (χ3n) is 2.63. The fourth-order valence-corrected chi connectivity index (χ4v) is 1.63. The molecule has 2 aromatic heterocycles. The molecule has 0 bridgehead atoms. The molecule has 1 N–H and O–H groups in total. The molecule has 0 saturated heterocycles. The van der Waals surface area contributed by atoms with Crippen molar-refractivity contribution in [2.75, 3.05) is 5.32 Å². The molecule has 0 radical (unpaired) electrons. The second kappa shape index (κ2) is 4.99. The number of hydrogen-bond donors (Lipinski definition) is 1. The molecule has 0 aliphatic rings. The number of nitrogens with zero attached hydrogens (tertiary/aromatic N) is 3. The molecule has 17 heavy (non-hydrogen) atoms. The Morgan fingerprint density at radius 1 is 1.18 bits per heavy atom. The minimum Gasteiger partial charge on any atom is -0.361 e. The lowest BCUT2D eigenvalue weighted by molar-refractivity contribution is 0.533. The molecule has 4 heteroatoms. The largest absolute Gasteiger partial charge is 0.361 e. The lowest BCUT2D eigenvalue weighted by Gasteiger charge is -2.12. The number of aromatic nitrogens is 3. The third-order valence-corrected chi connectivity index (χ3v) is 2.63. The fourth-order valence-electron chi connectivity index (χ4n) is 1.63. The van der Waals surface area contributed by atoms with Crippen molar-refractivity contribution in [1.82, 2.24) is 14.8 Å². The van der Waals surface area contributed by atoms with Gasteiger partial charge in [-0.3, -0.25) is 9.67 Å². The fraction of sp³-hybridized carbons (Fsp3) is 0.385. The molecule has 90 valence electrons. The normalized spacial score (nSPS) is 12.7. The summed E-state index contributed by atoms with van der Waals surface area (Å²) in [6.45, 7) is 6.30. The molecule has 2 rings (SSSR count). The van der Waals surface area contributed by atoms with Gasteiger partial charge >= 0.3 is 0 Å². The van der Waals surface area contributed by atoms with E-state index in [1.165, 1.54) is 0 Å². The van der Waals surface area contributed by atoms with E-state index >= 15 is 0 Å². The van der Waals surface area contributed by atoms with Crippen LogP contribution in [0, 0.1) is 0 Å². The van der Waals surface area contributed by atoms with Gasteiger partial charge < -0.3 is 5.32 Å². The van der Waals surface area contributed by atoms with Gasteiger partial charge in [0, 0.05) is 24.5 Å². The van der Waals surface area contributed by atoms with Crippen LogP contribution in [-0.2, 0) is 0 Å². The summed E-state index contributed by atoms with van der Waals surface area (Å²) in [5.41, 5.74) is 1.02. The van der Waals surface area contributed by atoms with Crippen LogP contribution in [0.5, 0.6) is 0 Å². The molecule has 0 amide bonds. The summed E-state index contributed by atoms with van der Waals surface area (Å²) in [6.07, 6.45) is 3.79. The van der Waals surface area contributed by atoms with Crippen LogP contribution in [0.2, 0.25) is 0 Å². The average Bonchev–Trinajstić information content (AvgIpc) is 2.79. The molecule has 0 fully saturated rings. The molecular formula is C13H18N4. The minimum absolute atomic E-state index is 0.159. The Labute approximate surface area is 102 Å². The molecule has 1 unspecified atom stereocenters. The van der Waals surface area contributed by atoms with Gasteiger partial charge in [-0.1, -0.05) is 6.07 Å². The molecule has 2 heterocycles. The van der Waals surface area contributed by atoms with E-state index in [0.717, 1.165) is 11.5 Å². The Morgan fingerprint density at radius 3 is 2.59 bits per heavy atom. The van der Waals surface area contributed by atoms with Gasteiger partial charge in [-0.15, -0.1) is 0 Å². The van der Waals surface area contributed by atoms with Crippen LogP contribution in [-0.4, -0.2) is 14.8 Å². The lowest BCUT2D eigenvalue weighted by atomic mass is 10.2. The van der Waals surface area contributed by atoms with E-state index in [2.05, 4.69) is 36.2 Å². The maximum Gasteiger partial charge on any atom is 0.148 e. The Kier molecular flexibility index (Phi) is 3.42. The number of rotatable bonds is 4. The minimum atomic E-state index is 0.159. The first kappa shape index (κ1) is 11.6. The van der Waals surface area contributed by atoms with Crippen LogP contribution >= 0.6 is 0 Å². The van der Waals surface area contributed by atoms with Crippen molar-refractivity contribution < 1.29 is 0 Å². The molecule has 0 aromatic carbocycles. The van der Waals surface area contributed by atoms with Crippen molar-refractivity contribution in [3.05, 3.63) is 42.4 Å². The number of pyridine rings is 1. The molecule has 0 aliphatic carbocycles. The molecule has 0 spiro atoms. The van der Waals surface area contributed by atoms with Gasteiger partial charge in [-0.2, -0.15) is 5.10 Å². The zero-order valence-electron chi connectivity index (χ0n) is 10.5. The number of anilines is 1. The molecule has 0 aliphatic heterocycles. The highest BCUT2D eigenvalue weighted by molar-refractivity contribution is 5.35. The Morgan fingerprint density at radius 2 is 2.00 bits per heavy atom. The van der Waals surface area contributed by atoms with Crippen molar-refractivity contribution >= 4 is 5.82 Å². The van der Waals surface area contributed by atoms with E-state index in [-0.39, 0.29) is 6.04 Å². The third kappa shape index (κ3) is 2.84. The molecule has 4 nitrogen and oxygen atoms in total. The van der Waals surface area contributed by atoms with Crippen LogP contribution < -0.4 is 5.32 Å². The van der Waals surface area contributed by atoms with Gasteiger partial charge in [-0.25, -0.2) is 0 Å². The molecular weight excluding hydrogens is 212 g/mol. The highest BCUT2D eigenvalue weighted by atomic mass is 15.3. The van der Waals surface area contributed by atoms with Gasteiger partial charge in [-0.05, 0) is 32.9 Å². The number of nitrogens with one attached hydrogen (secondary N) is 1. The summed E-state index contributed by atoms with van der Waals surface area (Å²) in [5.74, 6) is 0.886. The summed E-state index contributed by atoms with van der Waals surface area (Å²) >= 11 is 0. The van der Waals surface area contributed by atoms with Crippen molar-refractivity contribution in [3.8, 4) is 0 Å². The SMILES string of the molecule is CC(Nc1ccn(C(C)C)n1)c1ccccn1. The highest BCUT2D eigenvalue weighted by Crippen LogP contribution is 2.16. The predicted octanol–water partition coefficient (Wildman–Crippen LogP) is 3.03. The summed E-state index contributed by atoms with van der Waals surface area (Å²) in [6, 6.07) is 8.45. The van der Waals surface area contributed by atoms with Gasteiger partial charge in [0.2, 0.25) is 0 Å². The van der Waals surface area contributed by atoms with E-state index < -0.39 is 0 Å². The Bertz CT molecular complexity index is 461. The first-order valence-electron chi connectivity index (χ1n) is 5.89. The van der Waals surface area contributed by atoms with Gasteiger partial charge in [0.15, 0.2) is 0 Å². The first-order chi connectivity index (χ1) is 8.16.